The summed E-state index contributed by atoms with van der Waals surface area (Å²) in [5, 5.41) is 11.0. The standard InChI is InChI=1S/C18H18N2O2/c21-20(22)18-11-5-4-7-15(18)12-13-17-10-6-14-19(17)16-8-2-1-3-9-16/h4-7,10-11,14,16H,1-3,8-9H2. The molecule has 0 amide bonds. The van der Waals surface area contributed by atoms with E-state index in [2.05, 4.69) is 22.6 Å². The van der Waals surface area contributed by atoms with Crippen molar-refractivity contribution in [2.45, 2.75) is 38.1 Å². The van der Waals surface area contributed by atoms with E-state index in [0.29, 0.717) is 11.6 Å². The number of benzene rings is 1. The molecule has 22 heavy (non-hydrogen) atoms. The molecular weight excluding hydrogens is 276 g/mol. The predicted octanol–water partition coefficient (Wildman–Crippen LogP) is 4.30. The average Bonchev–Trinajstić information content (AvgIpc) is 3.02. The first-order valence-corrected chi connectivity index (χ1v) is 7.68. The van der Waals surface area contributed by atoms with Crippen LogP contribution < -0.4 is 0 Å². The van der Waals surface area contributed by atoms with Crippen LogP contribution in [-0.4, -0.2) is 9.49 Å². The predicted molar refractivity (Wildman–Crippen MR) is 85.6 cm³/mol. The van der Waals surface area contributed by atoms with Crippen molar-refractivity contribution in [2.24, 2.45) is 0 Å². The van der Waals surface area contributed by atoms with Crippen molar-refractivity contribution in [3.8, 4) is 11.8 Å². The van der Waals surface area contributed by atoms with Crippen LogP contribution in [-0.2, 0) is 0 Å². The van der Waals surface area contributed by atoms with E-state index in [1.165, 1.54) is 38.2 Å². The van der Waals surface area contributed by atoms with Crippen molar-refractivity contribution in [3.63, 3.8) is 0 Å². The molecule has 0 spiro atoms. The van der Waals surface area contributed by atoms with Crippen LogP contribution in [0.3, 0.4) is 0 Å². The van der Waals surface area contributed by atoms with Gasteiger partial charge in [0.05, 0.1) is 10.6 Å². The largest absolute Gasteiger partial charge is 0.338 e. The van der Waals surface area contributed by atoms with Crippen molar-refractivity contribution >= 4 is 5.69 Å². The first kappa shape index (κ1) is 14.4. The summed E-state index contributed by atoms with van der Waals surface area (Å²) in [6.45, 7) is 0. The Labute approximate surface area is 129 Å². The topological polar surface area (TPSA) is 48.1 Å². The highest BCUT2D eigenvalue weighted by Crippen LogP contribution is 2.29. The average molecular weight is 294 g/mol. The highest BCUT2D eigenvalue weighted by atomic mass is 16.6. The van der Waals surface area contributed by atoms with Crippen LogP contribution >= 0.6 is 0 Å². The van der Waals surface area contributed by atoms with Crippen LogP contribution in [0.1, 0.15) is 49.4 Å². The van der Waals surface area contributed by atoms with Gasteiger partial charge in [-0.15, -0.1) is 0 Å². The van der Waals surface area contributed by atoms with Gasteiger partial charge in [0.25, 0.3) is 5.69 Å². The molecule has 1 aromatic heterocycles. The smallest absolute Gasteiger partial charge is 0.284 e. The minimum atomic E-state index is -0.385. The number of hydrogen-bond acceptors (Lipinski definition) is 2. The number of rotatable bonds is 2. The third kappa shape index (κ3) is 3.04. The maximum Gasteiger partial charge on any atom is 0.284 e. The lowest BCUT2D eigenvalue weighted by Gasteiger charge is -2.24. The van der Waals surface area contributed by atoms with E-state index in [9.17, 15) is 10.1 Å². The summed E-state index contributed by atoms with van der Waals surface area (Å²) in [5.74, 6) is 6.07. The molecule has 1 aromatic carbocycles. The highest BCUT2D eigenvalue weighted by molar-refractivity contribution is 5.52. The van der Waals surface area contributed by atoms with Crippen LogP contribution in [0.2, 0.25) is 0 Å². The number of nitro groups is 1. The molecular formula is C18H18N2O2. The normalized spacial score (nSPS) is 15.1. The molecule has 0 N–H and O–H groups in total. The molecule has 0 unspecified atom stereocenters. The van der Waals surface area contributed by atoms with E-state index in [0.717, 1.165) is 5.69 Å². The maximum atomic E-state index is 11.0. The second-order valence-electron chi connectivity index (χ2n) is 5.62. The van der Waals surface area contributed by atoms with Crippen LogP contribution in [0.5, 0.6) is 0 Å². The Kier molecular flexibility index (Phi) is 4.24. The summed E-state index contributed by atoms with van der Waals surface area (Å²) in [4.78, 5) is 10.6. The van der Waals surface area contributed by atoms with Gasteiger partial charge in [0.2, 0.25) is 0 Å². The van der Waals surface area contributed by atoms with Crippen LogP contribution in [0.15, 0.2) is 42.6 Å². The third-order valence-corrected chi connectivity index (χ3v) is 4.17. The van der Waals surface area contributed by atoms with Crippen molar-refractivity contribution in [2.75, 3.05) is 0 Å². The second kappa shape index (κ2) is 6.48. The first-order valence-electron chi connectivity index (χ1n) is 7.68. The summed E-state index contributed by atoms with van der Waals surface area (Å²) in [6.07, 6.45) is 8.29. The number of aromatic nitrogens is 1. The minimum absolute atomic E-state index is 0.0609. The lowest BCUT2D eigenvalue weighted by Crippen LogP contribution is -2.13. The Hall–Kier alpha value is -2.54. The highest BCUT2D eigenvalue weighted by Gasteiger charge is 2.16. The van der Waals surface area contributed by atoms with Gasteiger partial charge in [-0.05, 0) is 37.0 Å². The Morgan fingerprint density at radius 2 is 1.82 bits per heavy atom. The fraction of sp³-hybridized carbons (Fsp3) is 0.333. The molecule has 112 valence electrons. The van der Waals surface area contributed by atoms with Crippen LogP contribution in [0.25, 0.3) is 0 Å². The first-order chi connectivity index (χ1) is 10.8. The Balaban J connectivity index is 1.89. The van der Waals surface area contributed by atoms with Gasteiger partial charge in [0, 0.05) is 18.3 Å². The zero-order chi connectivity index (χ0) is 15.4. The molecule has 4 nitrogen and oxygen atoms in total. The zero-order valence-electron chi connectivity index (χ0n) is 12.4. The quantitative estimate of drug-likeness (QED) is 0.471. The van der Waals surface area contributed by atoms with E-state index in [4.69, 9.17) is 0 Å². The molecule has 0 radical (unpaired) electrons. The molecule has 0 aliphatic heterocycles. The summed E-state index contributed by atoms with van der Waals surface area (Å²) in [5.41, 5.74) is 1.46. The van der Waals surface area contributed by atoms with Gasteiger partial charge in [0.15, 0.2) is 0 Å². The number of hydrogen-bond donors (Lipinski definition) is 0. The van der Waals surface area contributed by atoms with Gasteiger partial charge in [-0.3, -0.25) is 10.1 Å². The molecule has 0 bridgehead atoms. The monoisotopic (exact) mass is 294 g/mol. The van der Waals surface area contributed by atoms with Crippen molar-refractivity contribution in [1.29, 1.82) is 0 Å². The fourth-order valence-electron chi connectivity index (χ4n) is 3.05. The molecule has 4 heteroatoms. The van der Waals surface area contributed by atoms with E-state index in [-0.39, 0.29) is 10.6 Å². The van der Waals surface area contributed by atoms with Crippen molar-refractivity contribution in [1.82, 2.24) is 4.57 Å². The van der Waals surface area contributed by atoms with Gasteiger partial charge >= 0.3 is 0 Å². The molecule has 1 saturated carbocycles. The van der Waals surface area contributed by atoms with Crippen molar-refractivity contribution in [3.05, 3.63) is 64.0 Å². The summed E-state index contributed by atoms with van der Waals surface area (Å²) >= 11 is 0. The van der Waals surface area contributed by atoms with E-state index < -0.39 is 0 Å². The Morgan fingerprint density at radius 1 is 1.05 bits per heavy atom. The summed E-state index contributed by atoms with van der Waals surface area (Å²) < 4.78 is 2.22. The molecule has 1 fully saturated rings. The zero-order valence-corrected chi connectivity index (χ0v) is 12.4. The fourth-order valence-corrected chi connectivity index (χ4v) is 3.05. The summed E-state index contributed by atoms with van der Waals surface area (Å²) in [6, 6.07) is 11.1. The van der Waals surface area contributed by atoms with Gasteiger partial charge in [-0.25, -0.2) is 0 Å². The molecule has 1 aliphatic rings. The van der Waals surface area contributed by atoms with E-state index >= 15 is 0 Å². The van der Waals surface area contributed by atoms with Gasteiger partial charge < -0.3 is 4.57 Å². The lowest BCUT2D eigenvalue weighted by molar-refractivity contribution is -0.385. The van der Waals surface area contributed by atoms with E-state index in [1.54, 1.807) is 18.2 Å². The third-order valence-electron chi connectivity index (χ3n) is 4.17. The molecule has 0 atom stereocenters. The minimum Gasteiger partial charge on any atom is -0.338 e. The van der Waals surface area contributed by atoms with Crippen LogP contribution in [0, 0.1) is 22.0 Å². The van der Waals surface area contributed by atoms with Gasteiger partial charge in [0.1, 0.15) is 5.56 Å². The molecule has 1 heterocycles. The SMILES string of the molecule is O=[N+]([O-])c1ccccc1C#Cc1cccn1C1CCCCC1. The lowest BCUT2D eigenvalue weighted by atomic mass is 9.95. The van der Waals surface area contributed by atoms with Gasteiger partial charge in [-0.1, -0.05) is 37.3 Å². The molecule has 3 rings (SSSR count). The number of nitrogens with zero attached hydrogens (tertiary/aromatic N) is 2. The van der Waals surface area contributed by atoms with Crippen LogP contribution in [0.4, 0.5) is 5.69 Å². The maximum absolute atomic E-state index is 11.0. The second-order valence-corrected chi connectivity index (χ2v) is 5.62. The number of nitro benzene ring substituents is 1. The molecule has 0 saturated heterocycles. The van der Waals surface area contributed by atoms with Gasteiger partial charge in [-0.2, -0.15) is 0 Å². The molecule has 2 aromatic rings. The van der Waals surface area contributed by atoms with E-state index in [1.807, 2.05) is 12.1 Å². The Bertz CT molecular complexity index is 731. The van der Waals surface area contributed by atoms with Crippen molar-refractivity contribution < 1.29 is 4.92 Å². The summed E-state index contributed by atoms with van der Waals surface area (Å²) in [7, 11) is 0. The Morgan fingerprint density at radius 3 is 2.59 bits per heavy atom. The number of para-hydroxylation sites is 1. The molecule has 1 aliphatic carbocycles.